The zero-order chi connectivity index (χ0) is 17.6. The van der Waals surface area contributed by atoms with Crippen molar-refractivity contribution < 1.29 is 18.7 Å². The van der Waals surface area contributed by atoms with Gasteiger partial charge in [-0.3, -0.25) is 9.59 Å². The first-order valence-corrected chi connectivity index (χ1v) is 7.00. The van der Waals surface area contributed by atoms with Crippen LogP contribution in [0, 0.1) is 17.1 Å². The zero-order valence-corrected chi connectivity index (χ0v) is 13.6. The van der Waals surface area contributed by atoms with Crippen molar-refractivity contribution in [3.63, 3.8) is 0 Å². The number of carbonyl (C=O) groups excluding carboxylic acids is 2. The van der Waals surface area contributed by atoms with Gasteiger partial charge in [0.2, 0.25) is 5.91 Å². The van der Waals surface area contributed by atoms with E-state index in [0.717, 1.165) is 6.07 Å². The lowest BCUT2D eigenvalue weighted by Gasteiger charge is -2.25. The van der Waals surface area contributed by atoms with E-state index in [-0.39, 0.29) is 18.0 Å². The Kier molecular flexibility index (Phi) is 6.22. The third kappa shape index (κ3) is 4.50. The van der Waals surface area contributed by atoms with Gasteiger partial charge in [-0.2, -0.15) is 5.26 Å². The van der Waals surface area contributed by atoms with Crippen LogP contribution in [0.2, 0.25) is 0 Å². The molecule has 23 heavy (non-hydrogen) atoms. The average molecular weight is 321 g/mol. The summed E-state index contributed by atoms with van der Waals surface area (Å²) in [5.41, 5.74) is -0.559. The summed E-state index contributed by atoms with van der Waals surface area (Å²) in [6.07, 6.45) is -0.818. The fourth-order valence-corrected chi connectivity index (χ4v) is 2.00. The number of amides is 2. The second kappa shape index (κ2) is 7.70. The number of methoxy groups -OCH3 is 1. The third-order valence-corrected chi connectivity index (χ3v) is 3.59. The van der Waals surface area contributed by atoms with E-state index in [0.29, 0.717) is 5.56 Å². The predicted octanol–water partition coefficient (Wildman–Crippen LogP) is 0.852. The summed E-state index contributed by atoms with van der Waals surface area (Å²) in [5.74, 6) is -1.35. The normalized spacial score (nSPS) is 12.2. The first-order valence-electron chi connectivity index (χ1n) is 7.00. The zero-order valence-electron chi connectivity index (χ0n) is 13.6. The van der Waals surface area contributed by atoms with Gasteiger partial charge in [-0.1, -0.05) is 0 Å². The van der Waals surface area contributed by atoms with E-state index in [4.69, 9.17) is 10.00 Å². The van der Waals surface area contributed by atoms with Crippen LogP contribution in [-0.2, 0) is 19.7 Å². The molecule has 0 aliphatic rings. The maximum Gasteiger partial charge on any atom is 0.250 e. The molecule has 0 unspecified atom stereocenters. The van der Waals surface area contributed by atoms with Crippen molar-refractivity contribution in [1.29, 1.82) is 5.26 Å². The van der Waals surface area contributed by atoms with Crippen LogP contribution >= 0.6 is 0 Å². The maximum atomic E-state index is 13.6. The molecule has 124 valence electrons. The molecule has 0 fully saturated rings. The molecule has 0 aliphatic carbocycles. The van der Waals surface area contributed by atoms with Crippen LogP contribution in [0.15, 0.2) is 18.2 Å². The molecule has 0 spiro atoms. The molecule has 0 bridgehead atoms. The van der Waals surface area contributed by atoms with Crippen LogP contribution < -0.4 is 10.6 Å². The SMILES string of the molecule is CNC(=O)[C@H](CNC(=O)C(C)(C)c1cc(F)cc(C#N)c1)OC. The van der Waals surface area contributed by atoms with Crippen LogP contribution in [0.5, 0.6) is 0 Å². The van der Waals surface area contributed by atoms with E-state index < -0.39 is 23.2 Å². The number of nitriles is 1. The Morgan fingerprint density at radius 1 is 1.39 bits per heavy atom. The first kappa shape index (κ1) is 18.6. The highest BCUT2D eigenvalue weighted by Crippen LogP contribution is 2.25. The van der Waals surface area contributed by atoms with Gasteiger partial charge in [-0.25, -0.2) is 4.39 Å². The number of carbonyl (C=O) groups is 2. The number of ether oxygens (including phenoxy) is 1. The number of nitrogens with zero attached hydrogens (tertiary/aromatic N) is 1. The van der Waals surface area contributed by atoms with Gasteiger partial charge in [0, 0.05) is 14.2 Å². The molecule has 7 heteroatoms. The summed E-state index contributed by atoms with van der Waals surface area (Å²) in [4.78, 5) is 23.9. The van der Waals surface area contributed by atoms with Gasteiger partial charge in [0.25, 0.3) is 5.91 Å². The monoisotopic (exact) mass is 321 g/mol. The number of rotatable bonds is 6. The average Bonchev–Trinajstić information content (AvgIpc) is 2.53. The number of hydrogen-bond donors (Lipinski definition) is 2. The van der Waals surface area contributed by atoms with Gasteiger partial charge < -0.3 is 15.4 Å². The van der Waals surface area contributed by atoms with Crippen molar-refractivity contribution in [1.82, 2.24) is 10.6 Å². The van der Waals surface area contributed by atoms with E-state index in [9.17, 15) is 14.0 Å². The summed E-state index contributed by atoms with van der Waals surface area (Å²) < 4.78 is 18.6. The molecular formula is C16H20FN3O3. The van der Waals surface area contributed by atoms with Crippen LogP contribution in [0.25, 0.3) is 0 Å². The van der Waals surface area contributed by atoms with Crippen molar-refractivity contribution in [2.45, 2.75) is 25.4 Å². The molecule has 1 atom stereocenters. The number of hydrogen-bond acceptors (Lipinski definition) is 4. The molecule has 6 nitrogen and oxygen atoms in total. The summed E-state index contributed by atoms with van der Waals surface area (Å²) in [7, 11) is 2.83. The molecule has 1 aromatic rings. The third-order valence-electron chi connectivity index (χ3n) is 3.59. The Labute approximate surface area is 134 Å². The molecule has 2 N–H and O–H groups in total. The molecule has 0 saturated heterocycles. The minimum atomic E-state index is -1.07. The maximum absolute atomic E-state index is 13.6. The van der Waals surface area contributed by atoms with E-state index >= 15 is 0 Å². The smallest absolute Gasteiger partial charge is 0.250 e. The Hall–Kier alpha value is -2.46. The number of nitrogens with one attached hydrogen (secondary N) is 2. The largest absolute Gasteiger partial charge is 0.370 e. The van der Waals surface area contributed by atoms with Gasteiger partial charge >= 0.3 is 0 Å². The molecule has 0 radical (unpaired) electrons. The molecule has 0 aliphatic heterocycles. The molecular weight excluding hydrogens is 301 g/mol. The lowest BCUT2D eigenvalue weighted by atomic mass is 9.83. The van der Waals surface area contributed by atoms with Crippen molar-refractivity contribution in [3.05, 3.63) is 35.1 Å². The number of halogens is 1. The first-order chi connectivity index (χ1) is 10.8. The van der Waals surface area contributed by atoms with Crippen molar-refractivity contribution in [2.24, 2.45) is 0 Å². The fraction of sp³-hybridized carbons (Fsp3) is 0.438. The van der Waals surface area contributed by atoms with Gasteiger partial charge in [0.1, 0.15) is 5.82 Å². The van der Waals surface area contributed by atoms with Crippen molar-refractivity contribution in [3.8, 4) is 6.07 Å². The molecule has 0 saturated carbocycles. The lowest BCUT2D eigenvalue weighted by molar-refractivity contribution is -0.131. The highest BCUT2D eigenvalue weighted by molar-refractivity contribution is 5.88. The van der Waals surface area contributed by atoms with Crippen LogP contribution in [0.1, 0.15) is 25.0 Å². The quantitative estimate of drug-likeness (QED) is 0.813. The Balaban J connectivity index is 2.91. The van der Waals surface area contributed by atoms with Gasteiger partial charge in [0.15, 0.2) is 6.10 Å². The van der Waals surface area contributed by atoms with Crippen LogP contribution in [-0.4, -0.2) is 38.6 Å². The molecule has 1 rings (SSSR count). The van der Waals surface area contributed by atoms with Crippen LogP contribution in [0.4, 0.5) is 4.39 Å². The molecule has 0 heterocycles. The molecule has 0 aromatic heterocycles. The molecule has 2 amide bonds. The Morgan fingerprint density at radius 2 is 2.04 bits per heavy atom. The second-order valence-corrected chi connectivity index (χ2v) is 5.51. The van der Waals surface area contributed by atoms with E-state index in [1.807, 2.05) is 6.07 Å². The van der Waals surface area contributed by atoms with Crippen LogP contribution in [0.3, 0.4) is 0 Å². The highest BCUT2D eigenvalue weighted by Gasteiger charge is 2.31. The highest BCUT2D eigenvalue weighted by atomic mass is 19.1. The van der Waals surface area contributed by atoms with Crippen molar-refractivity contribution >= 4 is 11.8 Å². The van der Waals surface area contributed by atoms with Gasteiger partial charge in [-0.05, 0) is 37.6 Å². The van der Waals surface area contributed by atoms with E-state index in [1.165, 1.54) is 26.3 Å². The fourth-order valence-electron chi connectivity index (χ4n) is 2.00. The van der Waals surface area contributed by atoms with Gasteiger partial charge in [-0.15, -0.1) is 0 Å². The number of benzene rings is 1. The van der Waals surface area contributed by atoms with E-state index in [2.05, 4.69) is 10.6 Å². The summed E-state index contributed by atoms with van der Waals surface area (Å²) >= 11 is 0. The summed E-state index contributed by atoms with van der Waals surface area (Å²) in [6, 6.07) is 5.64. The van der Waals surface area contributed by atoms with Crippen molar-refractivity contribution in [2.75, 3.05) is 20.7 Å². The predicted molar refractivity (Wildman–Crippen MR) is 82.0 cm³/mol. The second-order valence-electron chi connectivity index (χ2n) is 5.51. The van der Waals surface area contributed by atoms with Gasteiger partial charge in [0.05, 0.1) is 23.6 Å². The summed E-state index contributed by atoms with van der Waals surface area (Å²) in [5, 5.41) is 14.0. The minimum absolute atomic E-state index is 0.0150. The Bertz CT molecular complexity index is 638. The summed E-state index contributed by atoms with van der Waals surface area (Å²) in [6.45, 7) is 3.21. The standard InChI is InChI=1S/C16H20FN3O3/c1-16(2,11-5-10(8-18)6-12(17)7-11)15(22)20-9-13(23-4)14(21)19-3/h5-7,13H,9H2,1-4H3,(H,19,21)(H,20,22)/t13-/m0/s1. The van der Waals surface area contributed by atoms with E-state index in [1.54, 1.807) is 13.8 Å². The lowest BCUT2D eigenvalue weighted by Crippen LogP contribution is -2.47. The molecule has 1 aromatic carbocycles. The topological polar surface area (TPSA) is 91.2 Å². The number of likely N-dealkylation sites (N-methyl/N-ethyl adjacent to an activating group) is 1. The minimum Gasteiger partial charge on any atom is -0.370 e. The Morgan fingerprint density at radius 3 is 2.57 bits per heavy atom.